The minimum absolute atomic E-state index is 0.0863. The molecule has 3 rings (SSSR count). The third-order valence-corrected chi connectivity index (χ3v) is 7.71. The van der Waals surface area contributed by atoms with Gasteiger partial charge in [0.1, 0.15) is 0 Å². The number of sulfonamides is 1. The highest BCUT2D eigenvalue weighted by Crippen LogP contribution is 2.26. The van der Waals surface area contributed by atoms with E-state index in [0.717, 1.165) is 12.0 Å². The molecule has 1 atom stereocenters. The molecule has 5 nitrogen and oxygen atoms in total. The van der Waals surface area contributed by atoms with Crippen LogP contribution in [0.4, 0.5) is 5.69 Å². The molecule has 0 bridgehead atoms. The Morgan fingerprint density at radius 1 is 1.10 bits per heavy atom. The fourth-order valence-electron chi connectivity index (χ4n) is 3.46. The van der Waals surface area contributed by atoms with Gasteiger partial charge in [0.15, 0.2) is 0 Å². The zero-order chi connectivity index (χ0) is 20.9. The summed E-state index contributed by atoms with van der Waals surface area (Å²) in [6.07, 6.45) is 2.60. The van der Waals surface area contributed by atoms with E-state index in [9.17, 15) is 13.2 Å². The van der Waals surface area contributed by atoms with Crippen LogP contribution in [0.1, 0.15) is 24.8 Å². The highest BCUT2D eigenvalue weighted by molar-refractivity contribution is 7.89. The number of amides is 1. The summed E-state index contributed by atoms with van der Waals surface area (Å²) in [5, 5.41) is 3.58. The molecule has 2 aromatic rings. The van der Waals surface area contributed by atoms with Gasteiger partial charge in [0, 0.05) is 18.8 Å². The van der Waals surface area contributed by atoms with Gasteiger partial charge in [-0.1, -0.05) is 53.5 Å². The van der Waals surface area contributed by atoms with Crippen LogP contribution in [0, 0.1) is 5.92 Å². The molecule has 29 heavy (non-hydrogen) atoms. The van der Waals surface area contributed by atoms with E-state index in [1.165, 1.54) is 4.31 Å². The summed E-state index contributed by atoms with van der Waals surface area (Å²) < 4.78 is 27.0. The first kappa shape index (κ1) is 22.1. The maximum Gasteiger partial charge on any atom is 0.228 e. The number of rotatable bonds is 7. The lowest BCUT2D eigenvalue weighted by molar-refractivity contribution is -0.120. The maximum absolute atomic E-state index is 12.7. The van der Waals surface area contributed by atoms with E-state index in [2.05, 4.69) is 5.32 Å². The van der Waals surface area contributed by atoms with Crippen molar-refractivity contribution in [3.05, 3.63) is 64.1 Å². The lowest BCUT2D eigenvalue weighted by atomic mass is 9.99. The summed E-state index contributed by atoms with van der Waals surface area (Å²) in [6.45, 7) is 0.672. The van der Waals surface area contributed by atoms with Crippen LogP contribution in [0.15, 0.2) is 48.5 Å². The number of nitrogens with zero attached hydrogens (tertiary/aromatic N) is 1. The van der Waals surface area contributed by atoms with Crippen molar-refractivity contribution in [1.29, 1.82) is 0 Å². The number of nitrogens with one attached hydrogen (secondary N) is 1. The molecule has 0 spiro atoms. The van der Waals surface area contributed by atoms with Crippen LogP contribution in [0.3, 0.4) is 0 Å². The third kappa shape index (κ3) is 6.19. The van der Waals surface area contributed by atoms with Gasteiger partial charge in [0.25, 0.3) is 0 Å². The number of aryl methyl sites for hydroxylation is 1. The van der Waals surface area contributed by atoms with Crippen LogP contribution < -0.4 is 5.32 Å². The number of anilines is 1. The summed E-state index contributed by atoms with van der Waals surface area (Å²) in [5.41, 5.74) is 1.67. The van der Waals surface area contributed by atoms with E-state index < -0.39 is 10.0 Å². The van der Waals surface area contributed by atoms with Crippen molar-refractivity contribution in [2.75, 3.05) is 24.2 Å². The monoisotopic (exact) mass is 454 g/mol. The average Bonchev–Trinajstić information content (AvgIpc) is 2.71. The summed E-state index contributed by atoms with van der Waals surface area (Å²) in [7, 11) is -3.39. The average molecular weight is 455 g/mol. The molecule has 1 fully saturated rings. The van der Waals surface area contributed by atoms with Gasteiger partial charge in [-0.15, -0.1) is 0 Å². The van der Waals surface area contributed by atoms with E-state index in [0.29, 0.717) is 41.5 Å². The highest BCUT2D eigenvalue weighted by Gasteiger charge is 2.32. The smallest absolute Gasteiger partial charge is 0.228 e. The summed E-state index contributed by atoms with van der Waals surface area (Å²) in [6, 6.07) is 14.7. The van der Waals surface area contributed by atoms with Crippen LogP contribution in [-0.2, 0) is 21.2 Å². The Morgan fingerprint density at radius 3 is 2.59 bits per heavy atom. The second-order valence-electron chi connectivity index (χ2n) is 7.22. The fraction of sp³-hybridized carbons (Fsp3) is 0.381. The van der Waals surface area contributed by atoms with Gasteiger partial charge in [-0.05, 0) is 49.4 Å². The Bertz CT molecular complexity index is 952. The standard InChI is InChI=1S/C21H24Cl2N2O3S/c22-19-11-10-18(14-20(19)23)24-21(26)17-9-4-12-25(15-17)29(27,28)13-5-8-16-6-2-1-3-7-16/h1-3,6-7,10-11,14,17H,4-5,8-9,12-13,15H2,(H,24,26)/t17-/m1/s1. The molecule has 2 aromatic carbocycles. The van der Waals surface area contributed by atoms with Crippen molar-refractivity contribution < 1.29 is 13.2 Å². The first-order chi connectivity index (χ1) is 13.8. The predicted molar refractivity (Wildman–Crippen MR) is 118 cm³/mol. The SMILES string of the molecule is O=C(Nc1ccc(Cl)c(Cl)c1)[C@@H]1CCCN(S(=O)(=O)CCCc2ccccc2)C1. The first-order valence-corrected chi connectivity index (χ1v) is 12.0. The quantitative estimate of drug-likeness (QED) is 0.663. The minimum Gasteiger partial charge on any atom is -0.326 e. The molecule has 1 saturated heterocycles. The predicted octanol–water partition coefficient (Wildman–Crippen LogP) is 4.61. The van der Waals surface area contributed by atoms with Crippen molar-refractivity contribution in [1.82, 2.24) is 4.31 Å². The van der Waals surface area contributed by atoms with Crippen LogP contribution in [0.2, 0.25) is 10.0 Å². The van der Waals surface area contributed by atoms with E-state index >= 15 is 0 Å². The second kappa shape index (κ2) is 9.94. The normalized spacial score (nSPS) is 17.8. The zero-order valence-electron chi connectivity index (χ0n) is 16.0. The zero-order valence-corrected chi connectivity index (χ0v) is 18.3. The Hall–Kier alpha value is -1.60. The lowest BCUT2D eigenvalue weighted by Gasteiger charge is -2.31. The summed E-state index contributed by atoms with van der Waals surface area (Å²) >= 11 is 11.9. The van der Waals surface area contributed by atoms with Gasteiger partial charge in [-0.3, -0.25) is 4.79 Å². The van der Waals surface area contributed by atoms with Crippen molar-refractivity contribution in [2.24, 2.45) is 5.92 Å². The number of carbonyl (C=O) groups excluding carboxylic acids is 1. The number of carbonyl (C=O) groups is 1. The van der Waals surface area contributed by atoms with Crippen LogP contribution in [-0.4, -0.2) is 37.5 Å². The van der Waals surface area contributed by atoms with E-state index in [1.54, 1.807) is 18.2 Å². The molecule has 0 aliphatic carbocycles. The third-order valence-electron chi connectivity index (χ3n) is 5.05. The highest BCUT2D eigenvalue weighted by atomic mass is 35.5. The Balaban J connectivity index is 1.55. The van der Waals surface area contributed by atoms with Gasteiger partial charge in [-0.25, -0.2) is 12.7 Å². The van der Waals surface area contributed by atoms with Crippen molar-refractivity contribution in [3.8, 4) is 0 Å². The molecule has 156 valence electrons. The molecule has 1 aliphatic heterocycles. The van der Waals surface area contributed by atoms with Crippen LogP contribution in [0.5, 0.6) is 0 Å². The van der Waals surface area contributed by atoms with E-state index in [-0.39, 0.29) is 24.1 Å². The Kier molecular flexibility index (Phi) is 7.57. The molecule has 1 heterocycles. The van der Waals surface area contributed by atoms with Gasteiger partial charge in [0.2, 0.25) is 15.9 Å². The summed E-state index contributed by atoms with van der Waals surface area (Å²) in [5.74, 6) is -0.502. The molecular weight excluding hydrogens is 431 g/mol. The molecule has 0 saturated carbocycles. The minimum atomic E-state index is -3.39. The molecular formula is C21H24Cl2N2O3S. The Morgan fingerprint density at radius 2 is 1.86 bits per heavy atom. The molecule has 0 unspecified atom stereocenters. The van der Waals surface area contributed by atoms with Crippen molar-refractivity contribution in [3.63, 3.8) is 0 Å². The number of hydrogen-bond donors (Lipinski definition) is 1. The van der Waals surface area contributed by atoms with Crippen LogP contribution in [0.25, 0.3) is 0 Å². The molecule has 1 aliphatic rings. The molecule has 8 heteroatoms. The van der Waals surface area contributed by atoms with Gasteiger partial charge >= 0.3 is 0 Å². The molecule has 0 aromatic heterocycles. The van der Waals surface area contributed by atoms with Crippen molar-refractivity contribution >= 4 is 44.8 Å². The lowest BCUT2D eigenvalue weighted by Crippen LogP contribution is -2.44. The number of piperidine rings is 1. The topological polar surface area (TPSA) is 66.5 Å². The fourth-order valence-corrected chi connectivity index (χ4v) is 5.34. The maximum atomic E-state index is 12.7. The summed E-state index contributed by atoms with van der Waals surface area (Å²) in [4.78, 5) is 12.6. The molecule has 0 radical (unpaired) electrons. The largest absolute Gasteiger partial charge is 0.326 e. The first-order valence-electron chi connectivity index (χ1n) is 9.63. The van der Waals surface area contributed by atoms with Crippen LogP contribution >= 0.6 is 23.2 Å². The van der Waals surface area contributed by atoms with Gasteiger partial charge < -0.3 is 5.32 Å². The van der Waals surface area contributed by atoms with Gasteiger partial charge in [0.05, 0.1) is 21.7 Å². The Labute approximate surface area is 182 Å². The number of hydrogen-bond acceptors (Lipinski definition) is 3. The molecule has 1 N–H and O–H groups in total. The van der Waals surface area contributed by atoms with Gasteiger partial charge in [-0.2, -0.15) is 0 Å². The van der Waals surface area contributed by atoms with E-state index in [1.807, 2.05) is 30.3 Å². The van der Waals surface area contributed by atoms with Crippen molar-refractivity contribution in [2.45, 2.75) is 25.7 Å². The van der Waals surface area contributed by atoms with E-state index in [4.69, 9.17) is 23.2 Å². The second-order valence-corrected chi connectivity index (χ2v) is 10.1. The number of benzene rings is 2. The number of halogens is 2. The molecule has 1 amide bonds.